The molecule has 0 bridgehead atoms. The van der Waals surface area contributed by atoms with Crippen LogP contribution in [0, 0.1) is 11.6 Å². The van der Waals surface area contributed by atoms with Gasteiger partial charge in [-0.1, -0.05) is 0 Å². The highest BCUT2D eigenvalue weighted by molar-refractivity contribution is 7.89. The van der Waals surface area contributed by atoms with Crippen molar-refractivity contribution in [2.24, 2.45) is 0 Å². The van der Waals surface area contributed by atoms with E-state index in [4.69, 9.17) is 0 Å². The lowest BCUT2D eigenvalue weighted by molar-refractivity contribution is -0.116. The molecular formula is C19H21F2N3O6S2. The van der Waals surface area contributed by atoms with Crippen LogP contribution in [0.2, 0.25) is 0 Å². The summed E-state index contributed by atoms with van der Waals surface area (Å²) >= 11 is 0. The summed E-state index contributed by atoms with van der Waals surface area (Å²) in [5, 5.41) is 12.3. The van der Waals surface area contributed by atoms with Crippen LogP contribution in [-0.2, 0) is 24.8 Å². The number of aromatic hydroxyl groups is 1. The zero-order valence-corrected chi connectivity index (χ0v) is 18.3. The average Bonchev–Trinajstić information content (AvgIpc) is 3.27. The quantitative estimate of drug-likeness (QED) is 0.484. The Kier molecular flexibility index (Phi) is 7.12. The van der Waals surface area contributed by atoms with Gasteiger partial charge in [-0.2, -0.15) is 4.31 Å². The number of phenolic OH excluding ortho intramolecular Hbond substituents is 1. The van der Waals surface area contributed by atoms with Crippen molar-refractivity contribution in [3.63, 3.8) is 0 Å². The Morgan fingerprint density at radius 2 is 1.62 bits per heavy atom. The van der Waals surface area contributed by atoms with E-state index in [0.29, 0.717) is 25.2 Å². The molecule has 0 saturated carbocycles. The molecule has 1 amide bonds. The Balaban J connectivity index is 1.63. The molecule has 1 saturated heterocycles. The first kappa shape index (κ1) is 24.0. The first-order valence-electron chi connectivity index (χ1n) is 9.58. The summed E-state index contributed by atoms with van der Waals surface area (Å²) in [4.78, 5) is 11.6. The molecule has 0 aliphatic carbocycles. The van der Waals surface area contributed by atoms with Gasteiger partial charge in [0.25, 0.3) is 0 Å². The van der Waals surface area contributed by atoms with Crippen LogP contribution in [0.3, 0.4) is 0 Å². The molecule has 13 heteroatoms. The minimum Gasteiger partial charge on any atom is -0.506 e. The van der Waals surface area contributed by atoms with Gasteiger partial charge in [0.2, 0.25) is 26.0 Å². The summed E-state index contributed by atoms with van der Waals surface area (Å²) in [5.41, 5.74) is -0.140. The summed E-state index contributed by atoms with van der Waals surface area (Å²) in [6.07, 6.45) is 1.13. The molecule has 1 aliphatic heterocycles. The molecule has 0 radical (unpaired) electrons. The van der Waals surface area contributed by atoms with E-state index in [-0.39, 0.29) is 29.3 Å². The number of sulfonamides is 2. The third-order valence-corrected chi connectivity index (χ3v) is 8.14. The summed E-state index contributed by atoms with van der Waals surface area (Å²) < 4.78 is 79.2. The molecule has 32 heavy (non-hydrogen) atoms. The van der Waals surface area contributed by atoms with Crippen LogP contribution in [0.4, 0.5) is 14.5 Å². The highest BCUT2D eigenvalue weighted by atomic mass is 32.2. The van der Waals surface area contributed by atoms with Crippen LogP contribution in [0.25, 0.3) is 0 Å². The van der Waals surface area contributed by atoms with E-state index in [9.17, 15) is 35.5 Å². The number of benzene rings is 2. The zero-order chi connectivity index (χ0) is 23.5. The van der Waals surface area contributed by atoms with Gasteiger partial charge in [-0.3, -0.25) is 4.79 Å². The van der Waals surface area contributed by atoms with Crippen molar-refractivity contribution in [2.75, 3.05) is 25.0 Å². The first-order valence-corrected chi connectivity index (χ1v) is 12.5. The van der Waals surface area contributed by atoms with Gasteiger partial charge < -0.3 is 10.4 Å². The van der Waals surface area contributed by atoms with E-state index < -0.39 is 42.5 Å². The number of carbonyl (C=O) groups excluding carboxylic acids is 1. The molecule has 0 unspecified atom stereocenters. The van der Waals surface area contributed by atoms with Gasteiger partial charge in [0, 0.05) is 26.1 Å². The van der Waals surface area contributed by atoms with Gasteiger partial charge in [0.05, 0.1) is 15.5 Å². The number of nitrogens with zero attached hydrogens (tertiary/aromatic N) is 1. The minimum atomic E-state index is -4.18. The zero-order valence-electron chi connectivity index (χ0n) is 16.7. The van der Waals surface area contributed by atoms with Crippen molar-refractivity contribution >= 4 is 31.6 Å². The maximum atomic E-state index is 13.3. The number of hydrogen-bond donors (Lipinski definition) is 3. The fourth-order valence-electron chi connectivity index (χ4n) is 3.09. The molecular weight excluding hydrogens is 468 g/mol. The lowest BCUT2D eigenvalue weighted by atomic mass is 10.3. The Labute approximate surface area is 184 Å². The number of phenols is 1. The summed E-state index contributed by atoms with van der Waals surface area (Å²) in [5.74, 6) is -3.59. The predicted octanol–water partition coefficient (Wildman–Crippen LogP) is 1.76. The first-order chi connectivity index (χ1) is 15.0. The van der Waals surface area contributed by atoms with Crippen molar-refractivity contribution in [1.82, 2.24) is 9.03 Å². The summed E-state index contributed by atoms with van der Waals surface area (Å²) in [7, 11) is -7.95. The number of anilines is 1. The van der Waals surface area contributed by atoms with E-state index in [2.05, 4.69) is 10.0 Å². The summed E-state index contributed by atoms with van der Waals surface area (Å²) in [6, 6.07) is 5.57. The number of nitrogens with one attached hydrogen (secondary N) is 2. The second kappa shape index (κ2) is 9.48. The van der Waals surface area contributed by atoms with Crippen molar-refractivity contribution in [2.45, 2.75) is 29.1 Å². The molecule has 0 spiro atoms. The lowest BCUT2D eigenvalue weighted by Gasteiger charge is -2.16. The van der Waals surface area contributed by atoms with Crippen molar-refractivity contribution in [3.8, 4) is 5.75 Å². The van der Waals surface area contributed by atoms with Gasteiger partial charge >= 0.3 is 0 Å². The molecule has 2 aromatic rings. The van der Waals surface area contributed by atoms with Crippen LogP contribution >= 0.6 is 0 Å². The number of carbonyl (C=O) groups is 1. The molecule has 174 valence electrons. The SMILES string of the molecule is O=C(CCNS(=O)(=O)c1ccc(F)c(F)c1)Nc1cc(S(=O)(=O)N2CCCC2)ccc1O. The monoisotopic (exact) mass is 489 g/mol. The van der Waals surface area contributed by atoms with Crippen LogP contribution in [0.15, 0.2) is 46.2 Å². The van der Waals surface area contributed by atoms with E-state index in [0.717, 1.165) is 31.0 Å². The van der Waals surface area contributed by atoms with E-state index in [1.54, 1.807) is 0 Å². The molecule has 0 aromatic heterocycles. The van der Waals surface area contributed by atoms with Gasteiger partial charge in [-0.15, -0.1) is 0 Å². The second-order valence-electron chi connectivity index (χ2n) is 7.06. The standard InChI is InChI=1S/C19H21F2N3O6S2/c20-15-5-3-13(11-16(15)21)31(27,28)22-8-7-19(26)23-17-12-14(4-6-18(17)25)32(29,30)24-9-1-2-10-24/h3-6,11-12,22,25H,1-2,7-10H2,(H,23,26). The van der Waals surface area contributed by atoms with Crippen molar-refractivity contribution < 1.29 is 35.5 Å². The van der Waals surface area contributed by atoms with Gasteiger partial charge in [0.1, 0.15) is 5.75 Å². The molecule has 1 heterocycles. The average molecular weight is 490 g/mol. The number of hydrogen-bond acceptors (Lipinski definition) is 6. The number of halogens is 2. The lowest BCUT2D eigenvalue weighted by Crippen LogP contribution is -2.28. The van der Waals surface area contributed by atoms with E-state index in [1.165, 1.54) is 10.4 Å². The molecule has 9 nitrogen and oxygen atoms in total. The molecule has 2 aromatic carbocycles. The van der Waals surface area contributed by atoms with Crippen molar-refractivity contribution in [3.05, 3.63) is 48.0 Å². The third-order valence-electron chi connectivity index (χ3n) is 4.79. The molecule has 1 fully saturated rings. The highest BCUT2D eigenvalue weighted by Crippen LogP contribution is 2.29. The fraction of sp³-hybridized carbons (Fsp3) is 0.316. The normalized spacial score (nSPS) is 15.1. The predicted molar refractivity (Wildman–Crippen MR) is 111 cm³/mol. The van der Waals surface area contributed by atoms with E-state index in [1.807, 2.05) is 0 Å². The van der Waals surface area contributed by atoms with Crippen molar-refractivity contribution in [1.29, 1.82) is 0 Å². The largest absolute Gasteiger partial charge is 0.506 e. The van der Waals surface area contributed by atoms with Gasteiger partial charge in [0.15, 0.2) is 11.6 Å². The maximum Gasteiger partial charge on any atom is 0.243 e. The van der Waals surface area contributed by atoms with Crippen LogP contribution in [0.1, 0.15) is 19.3 Å². The Morgan fingerprint density at radius 1 is 0.969 bits per heavy atom. The Morgan fingerprint density at radius 3 is 2.28 bits per heavy atom. The van der Waals surface area contributed by atoms with Gasteiger partial charge in [-0.25, -0.2) is 30.3 Å². The Bertz CT molecular complexity index is 1230. The van der Waals surface area contributed by atoms with E-state index >= 15 is 0 Å². The number of rotatable bonds is 8. The minimum absolute atomic E-state index is 0.0912. The molecule has 3 N–H and O–H groups in total. The second-order valence-corrected chi connectivity index (χ2v) is 10.8. The molecule has 1 aliphatic rings. The topological polar surface area (TPSA) is 133 Å². The molecule has 0 atom stereocenters. The van der Waals surface area contributed by atoms with Gasteiger partial charge in [-0.05, 0) is 49.2 Å². The summed E-state index contributed by atoms with van der Waals surface area (Å²) in [6.45, 7) is 0.408. The highest BCUT2D eigenvalue weighted by Gasteiger charge is 2.28. The maximum absolute atomic E-state index is 13.3. The number of amides is 1. The van der Waals surface area contributed by atoms with Crippen LogP contribution < -0.4 is 10.0 Å². The fourth-order valence-corrected chi connectivity index (χ4v) is 5.68. The Hall–Kier alpha value is -2.61. The smallest absolute Gasteiger partial charge is 0.243 e. The van der Waals surface area contributed by atoms with Crippen LogP contribution in [0.5, 0.6) is 5.75 Å². The third kappa shape index (κ3) is 5.41. The van der Waals surface area contributed by atoms with Crippen LogP contribution in [-0.4, -0.2) is 51.8 Å². The molecule has 3 rings (SSSR count).